The van der Waals surface area contributed by atoms with E-state index in [0.29, 0.717) is 29.6 Å². The van der Waals surface area contributed by atoms with Crippen LogP contribution in [0.1, 0.15) is 35.7 Å². The zero-order valence-corrected chi connectivity index (χ0v) is 19.4. The van der Waals surface area contributed by atoms with E-state index in [1.54, 1.807) is 13.0 Å². The topological polar surface area (TPSA) is 63.7 Å². The van der Waals surface area contributed by atoms with Crippen LogP contribution in [0.25, 0.3) is 0 Å². The van der Waals surface area contributed by atoms with Crippen molar-refractivity contribution in [3.8, 4) is 5.75 Å². The number of halogens is 1. The van der Waals surface area contributed by atoms with Crippen LogP contribution < -0.4 is 15.0 Å². The lowest BCUT2D eigenvalue weighted by molar-refractivity contribution is 0.0527. The second-order valence-corrected chi connectivity index (χ2v) is 8.33. The van der Waals surface area contributed by atoms with Crippen LogP contribution in [-0.4, -0.2) is 36.7 Å². The number of carbonyl (C=O) groups excluding carboxylic acids is 1. The molecule has 0 saturated carbocycles. The SMILES string of the molecule is CCOC(=O)c1cnc(Cl)cc1NC1CCN(c2ccc(OCc3ccccc3)cc2)CC1. The van der Waals surface area contributed by atoms with Gasteiger partial charge < -0.3 is 19.7 Å². The largest absolute Gasteiger partial charge is 0.489 e. The number of anilines is 2. The molecule has 0 unspecified atom stereocenters. The van der Waals surface area contributed by atoms with E-state index in [1.165, 1.54) is 11.9 Å². The molecule has 2 aromatic carbocycles. The van der Waals surface area contributed by atoms with Crippen molar-refractivity contribution in [2.75, 3.05) is 29.9 Å². The third kappa shape index (κ3) is 6.17. The summed E-state index contributed by atoms with van der Waals surface area (Å²) < 4.78 is 11.0. The van der Waals surface area contributed by atoms with E-state index in [-0.39, 0.29) is 6.04 Å². The Kier molecular flexibility index (Phi) is 7.68. The maximum absolute atomic E-state index is 12.2. The Labute approximate surface area is 199 Å². The molecule has 0 spiro atoms. The number of hydrogen-bond acceptors (Lipinski definition) is 6. The molecular weight excluding hydrogens is 438 g/mol. The highest BCUT2D eigenvalue weighted by atomic mass is 35.5. The van der Waals surface area contributed by atoms with E-state index >= 15 is 0 Å². The van der Waals surface area contributed by atoms with Crippen molar-refractivity contribution in [2.24, 2.45) is 0 Å². The number of nitrogens with zero attached hydrogens (tertiary/aromatic N) is 2. The summed E-state index contributed by atoms with van der Waals surface area (Å²) >= 11 is 6.07. The Bertz CT molecular complexity index is 1050. The molecule has 1 N–H and O–H groups in total. The van der Waals surface area contributed by atoms with Gasteiger partial charge in [0.25, 0.3) is 0 Å². The highest BCUT2D eigenvalue weighted by Gasteiger charge is 2.22. The highest BCUT2D eigenvalue weighted by molar-refractivity contribution is 6.29. The summed E-state index contributed by atoms with van der Waals surface area (Å²) in [5.41, 5.74) is 3.42. The van der Waals surface area contributed by atoms with Crippen LogP contribution in [0.15, 0.2) is 66.9 Å². The van der Waals surface area contributed by atoms with Crippen LogP contribution in [0, 0.1) is 0 Å². The Balaban J connectivity index is 1.31. The quantitative estimate of drug-likeness (QED) is 0.346. The third-order valence-electron chi connectivity index (χ3n) is 5.67. The Hall–Kier alpha value is -3.25. The van der Waals surface area contributed by atoms with E-state index in [2.05, 4.69) is 39.5 Å². The molecule has 0 amide bonds. The first-order valence-corrected chi connectivity index (χ1v) is 11.6. The molecule has 172 valence electrons. The van der Waals surface area contributed by atoms with Crippen LogP contribution in [0.5, 0.6) is 5.75 Å². The zero-order valence-electron chi connectivity index (χ0n) is 18.7. The monoisotopic (exact) mass is 465 g/mol. The second-order valence-electron chi connectivity index (χ2n) is 7.95. The summed E-state index contributed by atoms with van der Waals surface area (Å²) in [5, 5.41) is 3.82. The van der Waals surface area contributed by atoms with Gasteiger partial charge in [0.1, 0.15) is 23.1 Å². The molecular formula is C26H28ClN3O3. The third-order valence-corrected chi connectivity index (χ3v) is 5.88. The van der Waals surface area contributed by atoms with Gasteiger partial charge in [-0.1, -0.05) is 41.9 Å². The number of nitrogens with one attached hydrogen (secondary N) is 1. The fourth-order valence-corrected chi connectivity index (χ4v) is 4.07. The van der Waals surface area contributed by atoms with Gasteiger partial charge in [0.15, 0.2) is 0 Å². The maximum atomic E-state index is 12.2. The Morgan fingerprint density at radius 1 is 1.12 bits per heavy atom. The molecule has 6 nitrogen and oxygen atoms in total. The van der Waals surface area contributed by atoms with Gasteiger partial charge in [0.2, 0.25) is 0 Å². The Morgan fingerprint density at radius 3 is 2.55 bits per heavy atom. The number of hydrogen-bond donors (Lipinski definition) is 1. The van der Waals surface area contributed by atoms with Gasteiger partial charge in [-0.3, -0.25) is 0 Å². The van der Waals surface area contributed by atoms with E-state index in [1.807, 2.05) is 30.3 Å². The summed E-state index contributed by atoms with van der Waals surface area (Å²) in [5.74, 6) is 0.469. The standard InChI is InChI=1S/C26H28ClN3O3/c1-2-32-26(31)23-17-28-25(27)16-24(23)29-20-12-14-30(15-13-20)21-8-10-22(11-9-21)33-18-19-6-4-3-5-7-19/h3-11,16-17,20H,2,12-15,18H2,1H3,(H,28,29). The molecule has 7 heteroatoms. The lowest BCUT2D eigenvalue weighted by atomic mass is 10.0. The van der Waals surface area contributed by atoms with Gasteiger partial charge in [0.05, 0.1) is 12.3 Å². The van der Waals surface area contributed by atoms with Crippen LogP contribution in [0.3, 0.4) is 0 Å². The molecule has 4 rings (SSSR count). The minimum atomic E-state index is -0.392. The molecule has 2 heterocycles. The maximum Gasteiger partial charge on any atom is 0.341 e. The van der Waals surface area contributed by atoms with E-state index in [0.717, 1.165) is 37.2 Å². The van der Waals surface area contributed by atoms with Gasteiger partial charge in [-0.05, 0) is 55.7 Å². The van der Waals surface area contributed by atoms with Crippen molar-refractivity contribution in [1.82, 2.24) is 4.98 Å². The number of ether oxygens (including phenoxy) is 2. The molecule has 1 aromatic heterocycles. The summed E-state index contributed by atoms with van der Waals surface area (Å²) in [6, 6.07) is 20.3. The van der Waals surface area contributed by atoms with Crippen molar-refractivity contribution >= 4 is 28.9 Å². The molecule has 0 aliphatic carbocycles. The fraction of sp³-hybridized carbons (Fsp3) is 0.308. The molecule has 1 aliphatic rings. The first kappa shape index (κ1) is 22.9. The van der Waals surface area contributed by atoms with Crippen LogP contribution in [0.4, 0.5) is 11.4 Å². The number of aromatic nitrogens is 1. The van der Waals surface area contributed by atoms with Crippen molar-refractivity contribution < 1.29 is 14.3 Å². The minimum Gasteiger partial charge on any atom is -0.489 e. The van der Waals surface area contributed by atoms with Crippen LogP contribution >= 0.6 is 11.6 Å². The minimum absolute atomic E-state index is 0.237. The lowest BCUT2D eigenvalue weighted by Gasteiger charge is -2.34. The lowest BCUT2D eigenvalue weighted by Crippen LogP contribution is -2.39. The number of esters is 1. The van der Waals surface area contributed by atoms with Gasteiger partial charge in [-0.25, -0.2) is 9.78 Å². The van der Waals surface area contributed by atoms with E-state index < -0.39 is 5.97 Å². The van der Waals surface area contributed by atoms with Crippen molar-refractivity contribution in [3.05, 3.63) is 83.1 Å². The van der Waals surface area contributed by atoms with Crippen molar-refractivity contribution in [1.29, 1.82) is 0 Å². The first-order chi connectivity index (χ1) is 16.1. The predicted octanol–water partition coefficient (Wildman–Crippen LogP) is 5.57. The molecule has 1 fully saturated rings. The van der Waals surface area contributed by atoms with Crippen molar-refractivity contribution in [3.63, 3.8) is 0 Å². The van der Waals surface area contributed by atoms with Crippen LogP contribution in [0.2, 0.25) is 5.15 Å². The van der Waals surface area contributed by atoms with Gasteiger partial charge >= 0.3 is 5.97 Å². The number of pyridine rings is 1. The zero-order chi connectivity index (χ0) is 23.0. The van der Waals surface area contributed by atoms with Gasteiger partial charge in [-0.15, -0.1) is 0 Å². The van der Waals surface area contributed by atoms with E-state index in [4.69, 9.17) is 21.1 Å². The average Bonchev–Trinajstić information content (AvgIpc) is 2.84. The molecule has 0 radical (unpaired) electrons. The average molecular weight is 466 g/mol. The molecule has 1 saturated heterocycles. The van der Waals surface area contributed by atoms with Crippen LogP contribution in [-0.2, 0) is 11.3 Å². The molecule has 0 atom stereocenters. The Morgan fingerprint density at radius 2 is 1.85 bits per heavy atom. The summed E-state index contributed by atoms with van der Waals surface area (Å²) in [4.78, 5) is 18.6. The molecule has 1 aliphatic heterocycles. The number of rotatable bonds is 8. The summed E-state index contributed by atoms with van der Waals surface area (Å²) in [7, 11) is 0. The second kappa shape index (κ2) is 11.1. The van der Waals surface area contributed by atoms with Crippen molar-refractivity contribution in [2.45, 2.75) is 32.4 Å². The fourth-order valence-electron chi connectivity index (χ4n) is 3.92. The predicted molar refractivity (Wildman–Crippen MR) is 131 cm³/mol. The number of carbonyl (C=O) groups is 1. The number of piperidine rings is 1. The molecule has 3 aromatic rings. The van der Waals surface area contributed by atoms with Gasteiger partial charge in [0, 0.05) is 31.0 Å². The normalized spacial score (nSPS) is 14.1. The highest BCUT2D eigenvalue weighted by Crippen LogP contribution is 2.27. The summed E-state index contributed by atoms with van der Waals surface area (Å²) in [6.07, 6.45) is 3.35. The number of benzene rings is 2. The van der Waals surface area contributed by atoms with E-state index in [9.17, 15) is 4.79 Å². The molecule has 33 heavy (non-hydrogen) atoms. The summed E-state index contributed by atoms with van der Waals surface area (Å²) in [6.45, 7) is 4.48. The first-order valence-electron chi connectivity index (χ1n) is 11.2. The molecule has 0 bridgehead atoms. The van der Waals surface area contributed by atoms with Gasteiger partial charge in [-0.2, -0.15) is 0 Å². The smallest absolute Gasteiger partial charge is 0.341 e.